The summed E-state index contributed by atoms with van der Waals surface area (Å²) in [6.45, 7) is 0. The van der Waals surface area contributed by atoms with Crippen LogP contribution >= 0.6 is 22.7 Å². The molecule has 4 heterocycles. The van der Waals surface area contributed by atoms with Crippen LogP contribution in [0.1, 0.15) is 0 Å². The van der Waals surface area contributed by atoms with Crippen molar-refractivity contribution >= 4 is 85.0 Å². The van der Waals surface area contributed by atoms with Crippen LogP contribution in [0.25, 0.3) is 108 Å². The molecule has 6 heteroatoms. The number of para-hydroxylation sites is 2. The van der Waals surface area contributed by atoms with E-state index in [4.69, 9.17) is 19.4 Å². The van der Waals surface area contributed by atoms with Gasteiger partial charge < -0.3 is 4.42 Å². The van der Waals surface area contributed by atoms with E-state index in [0.29, 0.717) is 17.5 Å². The topological polar surface area (TPSA) is 51.8 Å². The predicted octanol–water partition coefficient (Wildman–Crippen LogP) is 13.2. The Morgan fingerprint density at radius 1 is 0.333 bits per heavy atom. The van der Waals surface area contributed by atoms with Crippen molar-refractivity contribution in [1.29, 1.82) is 0 Å². The van der Waals surface area contributed by atoms with Gasteiger partial charge in [0.25, 0.3) is 0 Å². The van der Waals surface area contributed by atoms with Gasteiger partial charge in [0, 0.05) is 67.8 Å². The first-order valence-electron chi connectivity index (χ1n) is 16.8. The van der Waals surface area contributed by atoms with Crippen molar-refractivity contribution in [3.63, 3.8) is 0 Å². The Morgan fingerprint density at radius 3 is 1.51 bits per heavy atom. The summed E-state index contributed by atoms with van der Waals surface area (Å²) in [6.07, 6.45) is 0. The van der Waals surface area contributed by atoms with Gasteiger partial charge in [-0.2, -0.15) is 0 Å². The largest absolute Gasteiger partial charge is 0.455 e. The minimum Gasteiger partial charge on any atom is -0.455 e. The van der Waals surface area contributed by atoms with Crippen molar-refractivity contribution in [1.82, 2.24) is 15.0 Å². The van der Waals surface area contributed by atoms with Crippen LogP contribution < -0.4 is 0 Å². The Balaban J connectivity index is 1.10. The van der Waals surface area contributed by atoms with Gasteiger partial charge in [-0.1, -0.05) is 121 Å². The standard InChI is InChI=1S/C45H25N3OS2/c1-2-10-26(11-3-1)43-46-44(28-21-23-33-31-13-5-7-19-38(31)51-40(33)25-28)48-45(47-43)36-17-9-16-35-34-15-8-14-29(41(34)49-42(35)36)27-20-22-32-30-12-4-6-18-37(30)50-39(32)24-27/h1-25H. The fourth-order valence-electron chi connectivity index (χ4n) is 7.32. The van der Waals surface area contributed by atoms with Crippen molar-refractivity contribution in [3.8, 4) is 45.3 Å². The zero-order chi connectivity index (χ0) is 33.5. The first kappa shape index (κ1) is 28.6. The summed E-state index contributed by atoms with van der Waals surface area (Å²) in [6, 6.07) is 53.2. The molecular formula is C45H25N3OS2. The molecule has 0 aliphatic rings. The van der Waals surface area contributed by atoms with Gasteiger partial charge >= 0.3 is 0 Å². The number of nitrogens with zero attached hydrogens (tertiary/aromatic N) is 3. The average molecular weight is 688 g/mol. The smallest absolute Gasteiger partial charge is 0.167 e. The maximum atomic E-state index is 6.88. The zero-order valence-electron chi connectivity index (χ0n) is 27.0. The normalized spacial score (nSPS) is 11.9. The third-order valence-electron chi connectivity index (χ3n) is 9.76. The van der Waals surface area contributed by atoms with Crippen LogP contribution in [0.3, 0.4) is 0 Å². The SMILES string of the molecule is c1ccc(-c2nc(-c3ccc4c(c3)sc3ccccc34)nc(-c3cccc4c3oc3c(-c5ccc6c(c5)sc5ccccc56)cccc34)n2)cc1. The highest BCUT2D eigenvalue weighted by atomic mass is 32.1. The van der Waals surface area contributed by atoms with E-state index in [0.717, 1.165) is 49.8 Å². The summed E-state index contributed by atoms with van der Waals surface area (Å²) in [4.78, 5) is 15.2. The van der Waals surface area contributed by atoms with E-state index in [1.165, 1.54) is 40.3 Å². The molecule has 0 fully saturated rings. The molecule has 0 saturated heterocycles. The molecule has 238 valence electrons. The molecule has 0 spiro atoms. The molecule has 0 aliphatic heterocycles. The van der Waals surface area contributed by atoms with Gasteiger partial charge in [0.15, 0.2) is 17.5 Å². The molecule has 11 aromatic rings. The second-order valence-electron chi connectivity index (χ2n) is 12.8. The lowest BCUT2D eigenvalue weighted by Gasteiger charge is -2.09. The van der Waals surface area contributed by atoms with Crippen LogP contribution in [0, 0.1) is 0 Å². The van der Waals surface area contributed by atoms with E-state index in [2.05, 4.69) is 121 Å². The number of benzene rings is 7. The highest BCUT2D eigenvalue weighted by Crippen LogP contribution is 2.42. The summed E-state index contributed by atoms with van der Waals surface area (Å²) in [7, 11) is 0. The molecule has 0 aliphatic carbocycles. The van der Waals surface area contributed by atoms with Gasteiger partial charge in [-0.05, 0) is 35.9 Å². The van der Waals surface area contributed by atoms with Gasteiger partial charge in [-0.15, -0.1) is 22.7 Å². The molecule has 4 aromatic heterocycles. The van der Waals surface area contributed by atoms with Crippen LogP contribution in [-0.2, 0) is 0 Å². The molecule has 0 N–H and O–H groups in total. The number of thiophene rings is 2. The van der Waals surface area contributed by atoms with Crippen LogP contribution in [0.4, 0.5) is 0 Å². The van der Waals surface area contributed by atoms with Gasteiger partial charge in [-0.25, -0.2) is 15.0 Å². The fraction of sp³-hybridized carbons (Fsp3) is 0. The molecule has 0 bridgehead atoms. The maximum Gasteiger partial charge on any atom is 0.167 e. The van der Waals surface area contributed by atoms with E-state index in [-0.39, 0.29) is 0 Å². The Kier molecular flexibility index (Phi) is 6.26. The Hall–Kier alpha value is -6.21. The number of furan rings is 1. The Bertz CT molecular complexity index is 3160. The molecule has 0 atom stereocenters. The summed E-state index contributed by atoms with van der Waals surface area (Å²) in [5, 5.41) is 7.18. The number of hydrogen-bond donors (Lipinski definition) is 0. The predicted molar refractivity (Wildman–Crippen MR) is 215 cm³/mol. The quantitative estimate of drug-likeness (QED) is 0.185. The van der Waals surface area contributed by atoms with Gasteiger partial charge in [0.05, 0.1) is 5.56 Å². The van der Waals surface area contributed by atoms with E-state index in [9.17, 15) is 0 Å². The fourth-order valence-corrected chi connectivity index (χ4v) is 9.61. The molecule has 11 rings (SSSR count). The second-order valence-corrected chi connectivity index (χ2v) is 14.9. The molecule has 0 radical (unpaired) electrons. The van der Waals surface area contributed by atoms with Crippen molar-refractivity contribution < 1.29 is 4.42 Å². The summed E-state index contributed by atoms with van der Waals surface area (Å²) < 4.78 is 11.9. The number of aromatic nitrogens is 3. The van der Waals surface area contributed by atoms with Crippen molar-refractivity contribution in [2.45, 2.75) is 0 Å². The molecular weight excluding hydrogens is 663 g/mol. The van der Waals surface area contributed by atoms with Gasteiger partial charge in [0.2, 0.25) is 0 Å². The third-order valence-corrected chi connectivity index (χ3v) is 12.0. The summed E-state index contributed by atoms with van der Waals surface area (Å²) in [5.41, 5.74) is 6.52. The average Bonchev–Trinajstić information content (AvgIpc) is 3.88. The Labute approximate surface area is 299 Å². The zero-order valence-corrected chi connectivity index (χ0v) is 28.6. The van der Waals surface area contributed by atoms with Crippen LogP contribution in [0.2, 0.25) is 0 Å². The highest BCUT2D eigenvalue weighted by molar-refractivity contribution is 7.26. The van der Waals surface area contributed by atoms with Crippen LogP contribution in [0.15, 0.2) is 156 Å². The number of hydrogen-bond acceptors (Lipinski definition) is 6. The van der Waals surface area contributed by atoms with Crippen LogP contribution in [0.5, 0.6) is 0 Å². The third kappa shape index (κ3) is 4.54. The summed E-state index contributed by atoms with van der Waals surface area (Å²) >= 11 is 3.62. The highest BCUT2D eigenvalue weighted by Gasteiger charge is 2.20. The van der Waals surface area contributed by atoms with Crippen molar-refractivity contribution in [2.75, 3.05) is 0 Å². The lowest BCUT2D eigenvalue weighted by molar-refractivity contribution is 0.670. The van der Waals surface area contributed by atoms with Crippen molar-refractivity contribution in [2.24, 2.45) is 0 Å². The molecule has 51 heavy (non-hydrogen) atoms. The van der Waals surface area contributed by atoms with Gasteiger partial charge in [0.1, 0.15) is 11.2 Å². The first-order valence-corrected chi connectivity index (χ1v) is 18.5. The second kappa shape index (κ2) is 11.2. The van der Waals surface area contributed by atoms with E-state index in [1.54, 1.807) is 11.3 Å². The minimum absolute atomic E-state index is 0.577. The first-order chi connectivity index (χ1) is 25.2. The molecule has 4 nitrogen and oxygen atoms in total. The van der Waals surface area contributed by atoms with Crippen LogP contribution in [-0.4, -0.2) is 15.0 Å². The van der Waals surface area contributed by atoms with E-state index >= 15 is 0 Å². The van der Waals surface area contributed by atoms with E-state index < -0.39 is 0 Å². The van der Waals surface area contributed by atoms with Gasteiger partial charge in [-0.3, -0.25) is 0 Å². The molecule has 0 amide bonds. The number of fused-ring (bicyclic) bond motifs is 9. The molecule has 0 unspecified atom stereocenters. The summed E-state index contributed by atoms with van der Waals surface area (Å²) in [5.74, 6) is 1.83. The monoisotopic (exact) mass is 687 g/mol. The Morgan fingerprint density at radius 2 is 0.824 bits per heavy atom. The number of rotatable bonds is 4. The minimum atomic E-state index is 0.577. The maximum absolute atomic E-state index is 6.88. The lowest BCUT2D eigenvalue weighted by atomic mass is 10.0. The van der Waals surface area contributed by atoms with Crippen molar-refractivity contribution in [3.05, 3.63) is 152 Å². The molecule has 0 saturated carbocycles. The molecule has 7 aromatic carbocycles. The van der Waals surface area contributed by atoms with E-state index in [1.807, 2.05) is 41.7 Å². The lowest BCUT2D eigenvalue weighted by Crippen LogP contribution is -2.00.